The molecule has 0 spiro atoms. The molecule has 1 aliphatic carbocycles. The van der Waals surface area contributed by atoms with Crippen molar-refractivity contribution in [1.82, 2.24) is 9.97 Å². The molecule has 0 fully saturated rings. The monoisotopic (exact) mass is 478 g/mol. The molecule has 5 heteroatoms. The van der Waals surface area contributed by atoms with Crippen LogP contribution in [0.4, 0.5) is 0 Å². The average molecular weight is 479 g/mol. The highest BCUT2D eigenvalue weighted by Crippen LogP contribution is 2.41. The lowest BCUT2D eigenvalue weighted by atomic mass is 10.0. The molecule has 2 heterocycles. The summed E-state index contributed by atoms with van der Waals surface area (Å²) in [6.45, 7) is 0.971. The number of nitrogens with zero attached hydrogens (tertiary/aromatic N) is 2. The molecule has 5 rings (SSSR count). The molecule has 0 atom stereocenters. The molecule has 4 aromatic rings. The fourth-order valence-corrected chi connectivity index (χ4v) is 4.53. The van der Waals surface area contributed by atoms with Crippen LogP contribution in [0.15, 0.2) is 97.2 Å². The van der Waals surface area contributed by atoms with Crippen molar-refractivity contribution in [2.75, 3.05) is 0 Å². The standard InChI is InChI=1S/C30H27N2O2P/c35-30(34-21-23-12-5-2-6-13-23)28-18-8-17-27(32-28)25-15-7-14-24(25)26-16-9-19-31-29(26)33-20-22-10-3-1-4-11-22/h1-6,8-13,16-19,35H,7,14-15,20-21H2. The van der Waals surface area contributed by atoms with Crippen LogP contribution in [-0.2, 0) is 18.0 Å². The Morgan fingerprint density at radius 3 is 2.23 bits per heavy atom. The molecule has 0 N–H and O–H groups in total. The van der Waals surface area contributed by atoms with Gasteiger partial charge in [0.05, 0.1) is 18.0 Å². The van der Waals surface area contributed by atoms with E-state index in [1.165, 1.54) is 11.1 Å². The summed E-state index contributed by atoms with van der Waals surface area (Å²) in [6, 6.07) is 30.4. The molecular formula is C30H27N2O2P. The smallest absolute Gasteiger partial charge is 0.221 e. The van der Waals surface area contributed by atoms with Gasteiger partial charge in [0.2, 0.25) is 5.88 Å². The molecule has 1 aliphatic rings. The van der Waals surface area contributed by atoms with Gasteiger partial charge in [0.1, 0.15) is 12.1 Å². The summed E-state index contributed by atoms with van der Waals surface area (Å²) in [4.78, 5) is 9.49. The van der Waals surface area contributed by atoms with Gasteiger partial charge in [-0.25, -0.2) is 9.97 Å². The predicted octanol–water partition coefficient (Wildman–Crippen LogP) is 6.99. The summed E-state index contributed by atoms with van der Waals surface area (Å²) >= 11 is 0. The highest BCUT2D eigenvalue weighted by atomic mass is 31.0. The Labute approximate surface area is 208 Å². The fourth-order valence-electron chi connectivity index (χ4n) is 4.32. The molecule has 2 aromatic heterocycles. The molecule has 0 unspecified atom stereocenters. The van der Waals surface area contributed by atoms with Crippen LogP contribution in [0.25, 0.3) is 11.1 Å². The van der Waals surface area contributed by atoms with Crippen LogP contribution in [0.3, 0.4) is 0 Å². The summed E-state index contributed by atoms with van der Waals surface area (Å²) < 4.78 is 12.1. The lowest BCUT2D eigenvalue weighted by Gasteiger charge is -2.14. The van der Waals surface area contributed by atoms with Gasteiger partial charge < -0.3 is 9.47 Å². The second-order valence-corrected chi connectivity index (χ2v) is 8.91. The Bertz CT molecular complexity index is 1340. The second kappa shape index (κ2) is 11.2. The summed E-state index contributed by atoms with van der Waals surface area (Å²) in [5.41, 5.74) is 8.15. The third-order valence-electron chi connectivity index (χ3n) is 6.05. The Kier molecular flexibility index (Phi) is 7.43. The van der Waals surface area contributed by atoms with Crippen LogP contribution in [0.1, 0.15) is 47.3 Å². The molecule has 0 bridgehead atoms. The van der Waals surface area contributed by atoms with Crippen LogP contribution in [0.2, 0.25) is 0 Å². The number of rotatable bonds is 9. The van der Waals surface area contributed by atoms with Crippen LogP contribution >= 0.6 is 8.86 Å². The van der Waals surface area contributed by atoms with Gasteiger partial charge in [-0.1, -0.05) is 75.6 Å². The van der Waals surface area contributed by atoms with Gasteiger partial charge in [0.15, 0.2) is 0 Å². The Morgan fingerprint density at radius 1 is 0.743 bits per heavy atom. The van der Waals surface area contributed by atoms with Crippen LogP contribution in [0, 0.1) is 0 Å². The van der Waals surface area contributed by atoms with Crippen molar-refractivity contribution in [3.63, 3.8) is 0 Å². The second-order valence-electron chi connectivity index (χ2n) is 8.45. The molecule has 4 nitrogen and oxygen atoms in total. The zero-order valence-electron chi connectivity index (χ0n) is 19.5. The first-order valence-electron chi connectivity index (χ1n) is 11.8. The van der Waals surface area contributed by atoms with E-state index in [9.17, 15) is 0 Å². The number of hydrogen-bond acceptors (Lipinski definition) is 4. The van der Waals surface area contributed by atoms with E-state index in [-0.39, 0.29) is 0 Å². The van der Waals surface area contributed by atoms with Crippen molar-refractivity contribution in [2.45, 2.75) is 32.5 Å². The Balaban J connectivity index is 1.38. The number of pyridine rings is 2. The van der Waals surface area contributed by atoms with Crippen molar-refractivity contribution >= 4 is 25.5 Å². The molecule has 0 radical (unpaired) electrons. The van der Waals surface area contributed by atoms with Gasteiger partial charge >= 0.3 is 0 Å². The highest BCUT2D eigenvalue weighted by Gasteiger charge is 2.22. The quantitative estimate of drug-likeness (QED) is 0.243. The van der Waals surface area contributed by atoms with E-state index in [1.807, 2.05) is 66.7 Å². The van der Waals surface area contributed by atoms with Crippen molar-refractivity contribution in [3.8, 4) is 5.88 Å². The zero-order valence-corrected chi connectivity index (χ0v) is 20.5. The summed E-state index contributed by atoms with van der Waals surface area (Å²) in [5.74, 6) is 0.667. The van der Waals surface area contributed by atoms with E-state index in [1.54, 1.807) is 6.20 Å². The molecule has 174 valence electrons. The van der Waals surface area contributed by atoms with E-state index in [0.29, 0.717) is 24.6 Å². The van der Waals surface area contributed by atoms with Gasteiger partial charge in [0, 0.05) is 11.8 Å². The maximum Gasteiger partial charge on any atom is 0.221 e. The van der Waals surface area contributed by atoms with Crippen LogP contribution in [-0.4, -0.2) is 15.4 Å². The normalized spacial score (nSPS) is 13.1. The van der Waals surface area contributed by atoms with Crippen LogP contribution < -0.4 is 4.74 Å². The minimum atomic E-state index is 0.483. The van der Waals surface area contributed by atoms with E-state index in [0.717, 1.165) is 47.3 Å². The third-order valence-corrected chi connectivity index (χ3v) is 6.45. The van der Waals surface area contributed by atoms with Gasteiger partial charge in [-0.05, 0) is 65.8 Å². The van der Waals surface area contributed by atoms with Crippen molar-refractivity contribution < 1.29 is 9.47 Å². The predicted molar refractivity (Wildman–Crippen MR) is 144 cm³/mol. The number of ether oxygens (including phenoxy) is 2. The Hall–Kier alpha value is -3.59. The van der Waals surface area contributed by atoms with Crippen LogP contribution in [0.5, 0.6) is 5.88 Å². The van der Waals surface area contributed by atoms with E-state index in [4.69, 9.17) is 14.5 Å². The maximum absolute atomic E-state index is 6.16. The SMILES string of the molecule is P=C(OCc1ccccc1)c1cccc(C2=C(c3cccnc3OCc3ccccc3)CCC2)n1. The first kappa shape index (κ1) is 23.2. The number of aromatic nitrogens is 2. The first-order chi connectivity index (χ1) is 17.3. The van der Waals surface area contributed by atoms with Gasteiger partial charge in [-0.3, -0.25) is 0 Å². The molecular weight excluding hydrogens is 451 g/mol. The average Bonchev–Trinajstić information content (AvgIpc) is 3.42. The molecule has 35 heavy (non-hydrogen) atoms. The number of allylic oxidation sites excluding steroid dienone is 2. The first-order valence-corrected chi connectivity index (χ1v) is 12.3. The van der Waals surface area contributed by atoms with E-state index in [2.05, 4.69) is 38.1 Å². The minimum Gasteiger partial charge on any atom is -0.472 e. The fraction of sp³-hybridized carbons (Fsp3) is 0.167. The molecule has 0 saturated carbocycles. The number of benzene rings is 2. The molecule has 0 amide bonds. The summed E-state index contributed by atoms with van der Waals surface area (Å²) in [6.07, 6.45) is 4.82. The van der Waals surface area contributed by atoms with Crippen molar-refractivity contribution in [3.05, 3.63) is 125 Å². The van der Waals surface area contributed by atoms with Gasteiger partial charge in [-0.15, -0.1) is 0 Å². The number of hydrogen-bond donors (Lipinski definition) is 0. The topological polar surface area (TPSA) is 44.2 Å². The van der Waals surface area contributed by atoms with Gasteiger partial charge in [0.25, 0.3) is 0 Å². The summed E-state index contributed by atoms with van der Waals surface area (Å²) in [7, 11) is 3.65. The van der Waals surface area contributed by atoms with Gasteiger partial charge in [-0.2, -0.15) is 0 Å². The molecule has 2 aromatic carbocycles. The van der Waals surface area contributed by atoms with E-state index < -0.39 is 0 Å². The molecule has 0 aliphatic heterocycles. The highest BCUT2D eigenvalue weighted by molar-refractivity contribution is 7.21. The minimum absolute atomic E-state index is 0.483. The lowest BCUT2D eigenvalue weighted by Crippen LogP contribution is -2.07. The van der Waals surface area contributed by atoms with Crippen molar-refractivity contribution in [2.24, 2.45) is 0 Å². The largest absolute Gasteiger partial charge is 0.472 e. The molecule has 0 saturated heterocycles. The zero-order chi connectivity index (χ0) is 23.9. The summed E-state index contributed by atoms with van der Waals surface area (Å²) in [5, 5.41) is 0. The maximum atomic E-state index is 6.16. The third kappa shape index (κ3) is 5.74. The van der Waals surface area contributed by atoms with E-state index >= 15 is 0 Å². The van der Waals surface area contributed by atoms with Crippen molar-refractivity contribution in [1.29, 1.82) is 0 Å². The Morgan fingerprint density at radius 2 is 1.46 bits per heavy atom. The lowest BCUT2D eigenvalue weighted by molar-refractivity contribution is 0.293.